The van der Waals surface area contributed by atoms with Gasteiger partial charge in [0.2, 0.25) is 0 Å². The quantitative estimate of drug-likeness (QED) is 0.793. The highest BCUT2D eigenvalue weighted by Gasteiger charge is 2.05. The van der Waals surface area contributed by atoms with Crippen molar-refractivity contribution in [2.45, 2.75) is 13.5 Å². The minimum absolute atomic E-state index is 0.262. The van der Waals surface area contributed by atoms with E-state index in [4.69, 9.17) is 10.5 Å². The van der Waals surface area contributed by atoms with Gasteiger partial charge in [-0.3, -0.25) is 4.90 Å². The first-order valence-corrected chi connectivity index (χ1v) is 6.39. The Morgan fingerprint density at radius 1 is 1.37 bits per heavy atom. The van der Waals surface area contributed by atoms with E-state index in [0.29, 0.717) is 18.7 Å². The first-order valence-electron chi connectivity index (χ1n) is 6.39. The van der Waals surface area contributed by atoms with Crippen LogP contribution in [-0.4, -0.2) is 38.3 Å². The maximum Gasteiger partial charge on any atom is 0.124 e. The van der Waals surface area contributed by atoms with Gasteiger partial charge in [0.05, 0.1) is 13.2 Å². The molecule has 0 saturated heterocycles. The lowest BCUT2D eigenvalue weighted by molar-refractivity contribution is 0.147. The number of hydrogen-bond acceptors (Lipinski definition) is 3. The molecule has 0 unspecified atom stereocenters. The predicted molar refractivity (Wildman–Crippen MR) is 75.2 cm³/mol. The van der Waals surface area contributed by atoms with E-state index in [1.165, 1.54) is 6.07 Å². The summed E-state index contributed by atoms with van der Waals surface area (Å²) in [5.74, 6) is 5.34. The van der Waals surface area contributed by atoms with Crippen molar-refractivity contribution in [3.8, 4) is 11.8 Å². The first-order chi connectivity index (χ1) is 9.19. The fourth-order valence-corrected chi connectivity index (χ4v) is 1.79. The number of methoxy groups -OCH3 is 1. The third kappa shape index (κ3) is 5.84. The molecule has 1 rings (SSSR count). The molecule has 1 aromatic rings. The monoisotopic (exact) mass is 264 g/mol. The van der Waals surface area contributed by atoms with E-state index >= 15 is 0 Å². The predicted octanol–water partition coefficient (Wildman–Crippen LogP) is 1.60. The lowest BCUT2D eigenvalue weighted by atomic mass is 10.1. The number of ether oxygens (including phenoxy) is 1. The van der Waals surface area contributed by atoms with E-state index in [2.05, 4.69) is 23.7 Å². The Labute approximate surface area is 114 Å². The first kappa shape index (κ1) is 15.6. The molecule has 0 aliphatic heterocycles. The Balaban J connectivity index is 2.78. The molecule has 104 valence electrons. The number of halogens is 1. The standard InChI is InChI=1S/C15H21FN2O/c1-3-18(7-8-19-2)12-14-9-13(5-4-6-17)10-15(16)11-14/h9-11H,3,6-8,12,17H2,1-2H3. The Bertz CT molecular complexity index is 451. The van der Waals surface area contributed by atoms with Gasteiger partial charge >= 0.3 is 0 Å². The molecular formula is C15H21FN2O. The van der Waals surface area contributed by atoms with Crippen LogP contribution in [0.1, 0.15) is 18.1 Å². The molecule has 0 heterocycles. The molecule has 19 heavy (non-hydrogen) atoms. The maximum atomic E-state index is 13.5. The lowest BCUT2D eigenvalue weighted by Gasteiger charge is -2.20. The molecular weight excluding hydrogens is 243 g/mol. The molecule has 4 heteroatoms. The molecule has 0 bridgehead atoms. The van der Waals surface area contributed by atoms with Gasteiger partial charge in [0.25, 0.3) is 0 Å². The van der Waals surface area contributed by atoms with Crippen LogP contribution in [-0.2, 0) is 11.3 Å². The van der Waals surface area contributed by atoms with E-state index in [9.17, 15) is 4.39 Å². The third-order valence-electron chi connectivity index (χ3n) is 2.76. The molecule has 0 aliphatic carbocycles. The second kappa shape index (κ2) is 8.65. The summed E-state index contributed by atoms with van der Waals surface area (Å²) in [5.41, 5.74) is 6.91. The Kier molecular flexibility index (Phi) is 7.12. The topological polar surface area (TPSA) is 38.5 Å². The van der Waals surface area contributed by atoms with Crippen molar-refractivity contribution in [2.75, 3.05) is 33.4 Å². The Hall–Kier alpha value is -1.41. The molecule has 0 fully saturated rings. The molecule has 0 radical (unpaired) electrons. The summed E-state index contributed by atoms with van der Waals surface area (Å²) in [6.45, 7) is 5.43. The Morgan fingerprint density at radius 3 is 2.79 bits per heavy atom. The molecule has 2 N–H and O–H groups in total. The average Bonchev–Trinajstić information content (AvgIpc) is 2.40. The molecule has 0 spiro atoms. The summed E-state index contributed by atoms with van der Waals surface area (Å²) in [7, 11) is 1.68. The fraction of sp³-hybridized carbons (Fsp3) is 0.467. The highest BCUT2D eigenvalue weighted by atomic mass is 19.1. The number of likely N-dealkylation sites (N-methyl/N-ethyl adjacent to an activating group) is 1. The lowest BCUT2D eigenvalue weighted by Crippen LogP contribution is -2.26. The summed E-state index contributed by atoms with van der Waals surface area (Å²) < 4.78 is 18.6. The van der Waals surface area contributed by atoms with E-state index in [1.807, 2.05) is 6.07 Å². The van der Waals surface area contributed by atoms with E-state index in [0.717, 1.165) is 18.7 Å². The van der Waals surface area contributed by atoms with Crippen molar-refractivity contribution in [3.05, 3.63) is 35.1 Å². The van der Waals surface area contributed by atoms with Gasteiger partial charge in [-0.15, -0.1) is 0 Å². The molecule has 0 aromatic heterocycles. The molecule has 0 atom stereocenters. The van der Waals surface area contributed by atoms with Crippen LogP contribution in [0.4, 0.5) is 4.39 Å². The van der Waals surface area contributed by atoms with Crippen LogP contribution >= 0.6 is 0 Å². The van der Waals surface area contributed by atoms with Crippen LogP contribution in [0.5, 0.6) is 0 Å². The van der Waals surface area contributed by atoms with Gasteiger partial charge in [-0.2, -0.15) is 0 Å². The number of hydrogen-bond donors (Lipinski definition) is 1. The van der Waals surface area contributed by atoms with Crippen molar-refractivity contribution >= 4 is 0 Å². The normalized spacial score (nSPS) is 10.4. The number of nitrogens with zero attached hydrogens (tertiary/aromatic N) is 1. The van der Waals surface area contributed by atoms with Crippen LogP contribution in [0.15, 0.2) is 18.2 Å². The average molecular weight is 264 g/mol. The SMILES string of the molecule is CCN(CCOC)Cc1cc(F)cc(C#CCN)c1. The zero-order valence-corrected chi connectivity index (χ0v) is 11.6. The van der Waals surface area contributed by atoms with Crippen molar-refractivity contribution in [2.24, 2.45) is 5.73 Å². The van der Waals surface area contributed by atoms with Gasteiger partial charge < -0.3 is 10.5 Å². The molecule has 0 aliphatic rings. The zero-order chi connectivity index (χ0) is 14.1. The third-order valence-corrected chi connectivity index (χ3v) is 2.76. The van der Waals surface area contributed by atoms with Crippen LogP contribution in [0.3, 0.4) is 0 Å². The van der Waals surface area contributed by atoms with Crippen molar-refractivity contribution in [1.82, 2.24) is 4.90 Å². The van der Waals surface area contributed by atoms with E-state index in [-0.39, 0.29) is 12.4 Å². The van der Waals surface area contributed by atoms with Gasteiger partial charge in [0, 0.05) is 25.8 Å². The van der Waals surface area contributed by atoms with Gasteiger partial charge in [-0.05, 0) is 30.3 Å². The van der Waals surface area contributed by atoms with Crippen LogP contribution in [0.25, 0.3) is 0 Å². The largest absolute Gasteiger partial charge is 0.383 e. The molecule has 0 amide bonds. The number of nitrogens with two attached hydrogens (primary N) is 1. The van der Waals surface area contributed by atoms with Crippen LogP contribution in [0, 0.1) is 17.7 Å². The van der Waals surface area contributed by atoms with E-state index in [1.54, 1.807) is 13.2 Å². The highest BCUT2D eigenvalue weighted by Crippen LogP contribution is 2.11. The molecule has 1 aromatic carbocycles. The smallest absolute Gasteiger partial charge is 0.124 e. The number of rotatable bonds is 6. The fourth-order valence-electron chi connectivity index (χ4n) is 1.79. The van der Waals surface area contributed by atoms with Gasteiger partial charge in [-0.25, -0.2) is 4.39 Å². The summed E-state index contributed by atoms with van der Waals surface area (Å²) in [6.07, 6.45) is 0. The van der Waals surface area contributed by atoms with Gasteiger partial charge in [0.15, 0.2) is 0 Å². The van der Waals surface area contributed by atoms with Gasteiger partial charge in [0.1, 0.15) is 5.82 Å². The Morgan fingerprint density at radius 2 is 2.16 bits per heavy atom. The van der Waals surface area contributed by atoms with Gasteiger partial charge in [-0.1, -0.05) is 18.8 Å². The van der Waals surface area contributed by atoms with Crippen LogP contribution in [0.2, 0.25) is 0 Å². The second-order valence-corrected chi connectivity index (χ2v) is 4.22. The second-order valence-electron chi connectivity index (χ2n) is 4.22. The zero-order valence-electron chi connectivity index (χ0n) is 11.6. The molecule has 0 saturated carbocycles. The van der Waals surface area contributed by atoms with Crippen LogP contribution < -0.4 is 5.73 Å². The summed E-state index contributed by atoms with van der Waals surface area (Å²) in [4.78, 5) is 2.19. The maximum absolute atomic E-state index is 13.5. The number of benzene rings is 1. The van der Waals surface area contributed by atoms with Crippen molar-refractivity contribution < 1.29 is 9.13 Å². The summed E-state index contributed by atoms with van der Waals surface area (Å²) >= 11 is 0. The summed E-state index contributed by atoms with van der Waals surface area (Å²) in [6, 6.07) is 4.88. The minimum Gasteiger partial charge on any atom is -0.383 e. The van der Waals surface area contributed by atoms with E-state index < -0.39 is 0 Å². The van der Waals surface area contributed by atoms with Crippen molar-refractivity contribution in [3.63, 3.8) is 0 Å². The van der Waals surface area contributed by atoms with Crippen molar-refractivity contribution in [1.29, 1.82) is 0 Å². The molecule has 3 nitrogen and oxygen atoms in total. The summed E-state index contributed by atoms with van der Waals surface area (Å²) in [5, 5.41) is 0. The highest BCUT2D eigenvalue weighted by molar-refractivity contribution is 5.38. The minimum atomic E-state index is -0.262.